The number of benzene rings is 2. The van der Waals surface area contributed by atoms with Crippen LogP contribution in [0.25, 0.3) is 0 Å². The minimum atomic E-state index is -0.342. The predicted molar refractivity (Wildman–Crippen MR) is 81.9 cm³/mol. The van der Waals surface area contributed by atoms with Crippen molar-refractivity contribution in [3.05, 3.63) is 71.3 Å². The highest BCUT2D eigenvalue weighted by Gasteiger charge is 2.46. The SMILES string of the molecule is O=C1C2Cc3ccccc3CN2C(=O)N1Cc1ccccc1. The molecule has 1 saturated heterocycles. The highest BCUT2D eigenvalue weighted by atomic mass is 16.2. The largest absolute Gasteiger partial charge is 0.328 e. The average Bonchev–Trinajstić information content (AvgIpc) is 2.79. The molecule has 2 aromatic carbocycles. The van der Waals surface area contributed by atoms with Gasteiger partial charge < -0.3 is 4.90 Å². The monoisotopic (exact) mass is 292 g/mol. The van der Waals surface area contributed by atoms with Crippen LogP contribution in [0, 0.1) is 0 Å². The van der Waals surface area contributed by atoms with E-state index in [1.165, 1.54) is 10.5 Å². The lowest BCUT2D eigenvalue weighted by Gasteiger charge is -2.28. The molecule has 2 aliphatic rings. The molecule has 4 nitrogen and oxygen atoms in total. The molecule has 0 aromatic heterocycles. The molecule has 0 radical (unpaired) electrons. The van der Waals surface area contributed by atoms with Crippen molar-refractivity contribution in [1.29, 1.82) is 0 Å². The highest BCUT2D eigenvalue weighted by Crippen LogP contribution is 2.30. The number of imide groups is 1. The van der Waals surface area contributed by atoms with Crippen molar-refractivity contribution in [2.24, 2.45) is 0 Å². The van der Waals surface area contributed by atoms with Crippen molar-refractivity contribution in [1.82, 2.24) is 9.80 Å². The van der Waals surface area contributed by atoms with Crippen LogP contribution in [0.15, 0.2) is 54.6 Å². The summed E-state index contributed by atoms with van der Waals surface area (Å²) in [6, 6.07) is 17.2. The first kappa shape index (κ1) is 13.1. The smallest absolute Gasteiger partial charge is 0.308 e. The van der Waals surface area contributed by atoms with Crippen LogP contribution in [0.4, 0.5) is 4.79 Å². The third-order valence-corrected chi connectivity index (χ3v) is 4.46. The maximum absolute atomic E-state index is 12.6. The molecule has 2 aromatic rings. The van der Waals surface area contributed by atoms with E-state index in [-0.39, 0.29) is 18.0 Å². The van der Waals surface area contributed by atoms with Crippen LogP contribution in [0.1, 0.15) is 16.7 Å². The predicted octanol–water partition coefficient (Wildman–Crippen LogP) is 2.58. The van der Waals surface area contributed by atoms with E-state index in [1.54, 1.807) is 4.90 Å². The van der Waals surface area contributed by atoms with Gasteiger partial charge in [0.1, 0.15) is 6.04 Å². The molecule has 0 bridgehead atoms. The molecule has 4 rings (SSSR count). The number of hydrogen-bond acceptors (Lipinski definition) is 2. The van der Waals surface area contributed by atoms with E-state index in [4.69, 9.17) is 0 Å². The van der Waals surface area contributed by atoms with Crippen molar-refractivity contribution >= 4 is 11.9 Å². The summed E-state index contributed by atoms with van der Waals surface area (Å²) >= 11 is 0. The summed E-state index contributed by atoms with van der Waals surface area (Å²) in [6.45, 7) is 0.874. The second-order valence-corrected chi connectivity index (χ2v) is 5.81. The Kier molecular flexibility index (Phi) is 2.96. The van der Waals surface area contributed by atoms with Crippen molar-refractivity contribution in [3.8, 4) is 0 Å². The number of amides is 3. The third kappa shape index (κ3) is 1.99. The van der Waals surface area contributed by atoms with Gasteiger partial charge in [-0.05, 0) is 16.7 Å². The summed E-state index contributed by atoms with van der Waals surface area (Å²) < 4.78 is 0. The zero-order valence-electron chi connectivity index (χ0n) is 12.1. The van der Waals surface area contributed by atoms with Crippen LogP contribution in [-0.4, -0.2) is 27.8 Å². The van der Waals surface area contributed by atoms with E-state index in [0.29, 0.717) is 19.5 Å². The standard InChI is InChI=1S/C18H16N2O2/c21-17-16-10-14-8-4-5-9-15(14)12-19(16)18(22)20(17)11-13-6-2-1-3-7-13/h1-9,16H,10-12H2. The molecular formula is C18H16N2O2. The van der Waals surface area contributed by atoms with Gasteiger partial charge in [0.2, 0.25) is 0 Å². The topological polar surface area (TPSA) is 40.6 Å². The van der Waals surface area contributed by atoms with Gasteiger partial charge >= 0.3 is 6.03 Å². The first-order valence-electron chi connectivity index (χ1n) is 7.47. The van der Waals surface area contributed by atoms with E-state index in [9.17, 15) is 9.59 Å². The molecule has 3 amide bonds. The molecular weight excluding hydrogens is 276 g/mol. The Morgan fingerprint density at radius 1 is 0.909 bits per heavy atom. The van der Waals surface area contributed by atoms with Gasteiger partial charge in [-0.3, -0.25) is 9.69 Å². The van der Waals surface area contributed by atoms with Crippen molar-refractivity contribution in [2.75, 3.05) is 0 Å². The maximum Gasteiger partial charge on any atom is 0.328 e. The Hall–Kier alpha value is -2.62. The maximum atomic E-state index is 12.6. The number of hydrogen-bond donors (Lipinski definition) is 0. The molecule has 1 fully saturated rings. The summed E-state index contributed by atoms with van der Waals surface area (Å²) in [5.74, 6) is -0.0802. The first-order valence-corrected chi connectivity index (χ1v) is 7.47. The average molecular weight is 292 g/mol. The summed E-state index contributed by atoms with van der Waals surface area (Å²) in [7, 11) is 0. The van der Waals surface area contributed by atoms with Crippen LogP contribution in [0.2, 0.25) is 0 Å². The second-order valence-electron chi connectivity index (χ2n) is 5.81. The highest BCUT2D eigenvalue weighted by molar-refractivity contribution is 6.04. The number of fused-ring (bicyclic) bond motifs is 2. The fourth-order valence-corrected chi connectivity index (χ4v) is 3.29. The summed E-state index contributed by atoms with van der Waals surface area (Å²) in [5, 5.41) is 0. The fraction of sp³-hybridized carbons (Fsp3) is 0.222. The summed E-state index contributed by atoms with van der Waals surface area (Å²) in [5.41, 5.74) is 3.29. The Morgan fingerprint density at radius 3 is 2.36 bits per heavy atom. The van der Waals surface area contributed by atoms with Gasteiger partial charge in [-0.15, -0.1) is 0 Å². The minimum Gasteiger partial charge on any atom is -0.308 e. The molecule has 4 heteroatoms. The molecule has 0 spiro atoms. The number of carbonyl (C=O) groups excluding carboxylic acids is 2. The normalized spacial score (nSPS) is 20.1. The molecule has 22 heavy (non-hydrogen) atoms. The van der Waals surface area contributed by atoms with Gasteiger partial charge in [0.15, 0.2) is 0 Å². The van der Waals surface area contributed by atoms with E-state index < -0.39 is 0 Å². The lowest BCUT2D eigenvalue weighted by atomic mass is 9.95. The molecule has 0 N–H and O–H groups in total. The molecule has 2 heterocycles. The molecule has 1 atom stereocenters. The van der Waals surface area contributed by atoms with Crippen molar-refractivity contribution in [2.45, 2.75) is 25.6 Å². The lowest BCUT2D eigenvalue weighted by Crippen LogP contribution is -2.39. The van der Waals surface area contributed by atoms with E-state index in [0.717, 1.165) is 11.1 Å². The van der Waals surface area contributed by atoms with Gasteiger partial charge in [-0.1, -0.05) is 54.6 Å². The molecule has 2 aliphatic heterocycles. The van der Waals surface area contributed by atoms with Gasteiger partial charge in [-0.25, -0.2) is 4.79 Å². The quantitative estimate of drug-likeness (QED) is 0.798. The second kappa shape index (κ2) is 4.98. The Bertz CT molecular complexity index is 699. The Balaban J connectivity index is 1.62. The van der Waals surface area contributed by atoms with Crippen LogP contribution < -0.4 is 0 Å². The van der Waals surface area contributed by atoms with E-state index in [1.807, 2.05) is 54.6 Å². The van der Waals surface area contributed by atoms with Gasteiger partial charge in [-0.2, -0.15) is 0 Å². The van der Waals surface area contributed by atoms with Gasteiger partial charge in [0, 0.05) is 13.0 Å². The zero-order chi connectivity index (χ0) is 15.1. The number of urea groups is 1. The third-order valence-electron chi connectivity index (χ3n) is 4.46. The first-order chi connectivity index (χ1) is 10.7. The lowest BCUT2D eigenvalue weighted by molar-refractivity contribution is -0.128. The molecule has 110 valence electrons. The van der Waals surface area contributed by atoms with Crippen LogP contribution in [-0.2, 0) is 24.3 Å². The summed E-state index contributed by atoms with van der Waals surface area (Å²) in [4.78, 5) is 28.3. The van der Waals surface area contributed by atoms with E-state index in [2.05, 4.69) is 0 Å². The fourth-order valence-electron chi connectivity index (χ4n) is 3.29. The minimum absolute atomic E-state index is 0.0802. The van der Waals surface area contributed by atoms with Crippen LogP contribution in [0.5, 0.6) is 0 Å². The number of carbonyl (C=O) groups is 2. The Morgan fingerprint density at radius 2 is 1.59 bits per heavy atom. The molecule has 0 saturated carbocycles. The van der Waals surface area contributed by atoms with Crippen molar-refractivity contribution in [3.63, 3.8) is 0 Å². The zero-order valence-corrected chi connectivity index (χ0v) is 12.1. The van der Waals surface area contributed by atoms with Gasteiger partial charge in [0.25, 0.3) is 5.91 Å². The molecule has 1 unspecified atom stereocenters. The summed E-state index contributed by atoms with van der Waals surface area (Å²) in [6.07, 6.45) is 0.617. The van der Waals surface area contributed by atoms with Crippen LogP contribution >= 0.6 is 0 Å². The van der Waals surface area contributed by atoms with Crippen LogP contribution in [0.3, 0.4) is 0 Å². The molecule has 0 aliphatic carbocycles. The number of nitrogens with zero attached hydrogens (tertiary/aromatic N) is 2. The Labute approximate surface area is 129 Å². The van der Waals surface area contributed by atoms with E-state index >= 15 is 0 Å². The number of rotatable bonds is 2. The van der Waals surface area contributed by atoms with Crippen molar-refractivity contribution < 1.29 is 9.59 Å². The van der Waals surface area contributed by atoms with Gasteiger partial charge in [0.05, 0.1) is 6.54 Å².